The first-order chi connectivity index (χ1) is 13.1. The molecule has 0 spiro atoms. The van der Waals surface area contributed by atoms with Gasteiger partial charge in [-0.15, -0.1) is 0 Å². The zero-order valence-electron chi connectivity index (χ0n) is 16.8. The van der Waals surface area contributed by atoms with E-state index in [0.29, 0.717) is 18.5 Å². The van der Waals surface area contributed by atoms with Gasteiger partial charge in [0.2, 0.25) is 0 Å². The van der Waals surface area contributed by atoms with Crippen molar-refractivity contribution in [3.8, 4) is 0 Å². The Bertz CT molecular complexity index is 764. The zero-order chi connectivity index (χ0) is 19.2. The number of aromatic nitrogens is 2. The van der Waals surface area contributed by atoms with Gasteiger partial charge in [0.15, 0.2) is 5.96 Å². The maximum absolute atomic E-state index is 6.11. The zero-order valence-corrected chi connectivity index (χ0v) is 16.8. The van der Waals surface area contributed by atoms with E-state index in [1.165, 1.54) is 24.9 Å². The Hall–Kier alpha value is -2.34. The number of hydrogen-bond donors (Lipinski definition) is 2. The Morgan fingerprint density at radius 2 is 2.07 bits per heavy atom. The number of nitrogens with zero attached hydrogens (tertiary/aromatic N) is 4. The van der Waals surface area contributed by atoms with Gasteiger partial charge < -0.3 is 11.1 Å². The smallest absolute Gasteiger partial charge is 0.188 e. The molecule has 0 radical (unpaired) electrons. The predicted molar refractivity (Wildman–Crippen MR) is 111 cm³/mol. The van der Waals surface area contributed by atoms with Gasteiger partial charge >= 0.3 is 0 Å². The molecule has 0 bridgehead atoms. The molecule has 1 unspecified atom stereocenters. The van der Waals surface area contributed by atoms with E-state index in [1.54, 1.807) is 0 Å². The van der Waals surface area contributed by atoms with Crippen LogP contribution < -0.4 is 11.1 Å². The molecule has 146 valence electrons. The van der Waals surface area contributed by atoms with E-state index in [9.17, 15) is 0 Å². The lowest BCUT2D eigenvalue weighted by Crippen LogP contribution is -2.42. The minimum absolute atomic E-state index is 0.521. The second kappa shape index (κ2) is 9.04. The second-order valence-electron chi connectivity index (χ2n) is 7.30. The number of likely N-dealkylation sites (N-methyl/N-ethyl adjacent to an activating group) is 1. The van der Waals surface area contributed by atoms with Gasteiger partial charge in [-0.05, 0) is 45.3 Å². The second-order valence-corrected chi connectivity index (χ2v) is 7.30. The molecule has 27 heavy (non-hydrogen) atoms. The molecule has 1 aromatic carbocycles. The first-order valence-electron chi connectivity index (χ1n) is 9.93. The fraction of sp³-hybridized carbons (Fsp3) is 0.524. The minimum Gasteiger partial charge on any atom is -0.370 e. The number of nitrogens with one attached hydrogen (secondary N) is 1. The Morgan fingerprint density at radius 1 is 1.30 bits per heavy atom. The highest BCUT2D eigenvalue weighted by Gasteiger charge is 2.22. The molecule has 1 aliphatic heterocycles. The number of nitrogens with two attached hydrogens (primary N) is 1. The van der Waals surface area contributed by atoms with Crippen molar-refractivity contribution in [2.24, 2.45) is 10.7 Å². The fourth-order valence-electron chi connectivity index (χ4n) is 3.86. The summed E-state index contributed by atoms with van der Waals surface area (Å²) in [5.74, 6) is 0.521. The lowest BCUT2D eigenvalue weighted by atomic mass is 10.2. The molecule has 6 heteroatoms. The van der Waals surface area contributed by atoms with E-state index < -0.39 is 0 Å². The van der Waals surface area contributed by atoms with Crippen LogP contribution in [0.3, 0.4) is 0 Å². The van der Waals surface area contributed by atoms with Crippen LogP contribution in [0.15, 0.2) is 35.3 Å². The normalized spacial score (nSPS) is 18.2. The van der Waals surface area contributed by atoms with E-state index in [-0.39, 0.29) is 0 Å². The number of likely N-dealkylation sites (tertiary alicyclic amines) is 1. The third-order valence-electron chi connectivity index (χ3n) is 5.54. The molecule has 1 aliphatic rings. The van der Waals surface area contributed by atoms with Crippen LogP contribution in [0, 0.1) is 13.8 Å². The van der Waals surface area contributed by atoms with Crippen LogP contribution in [0.5, 0.6) is 0 Å². The van der Waals surface area contributed by atoms with E-state index >= 15 is 0 Å². The first-order valence-corrected chi connectivity index (χ1v) is 9.93. The van der Waals surface area contributed by atoms with Crippen LogP contribution in [0.1, 0.15) is 42.3 Å². The van der Waals surface area contributed by atoms with Crippen LogP contribution in [-0.2, 0) is 13.1 Å². The molecule has 1 fully saturated rings. The summed E-state index contributed by atoms with van der Waals surface area (Å²) in [7, 11) is 0. The lowest BCUT2D eigenvalue weighted by Gasteiger charge is -2.23. The van der Waals surface area contributed by atoms with Crippen LogP contribution in [-0.4, -0.2) is 46.3 Å². The molecule has 2 heterocycles. The van der Waals surface area contributed by atoms with Crippen LogP contribution in [0.25, 0.3) is 0 Å². The summed E-state index contributed by atoms with van der Waals surface area (Å²) >= 11 is 0. The van der Waals surface area contributed by atoms with Gasteiger partial charge in [-0.25, -0.2) is 4.99 Å². The number of aliphatic imine (C=N–C) groups is 1. The number of aryl methyl sites for hydroxylation is 1. The average molecular weight is 369 g/mol. The molecular formula is C21H32N6. The molecule has 3 N–H and O–H groups in total. The highest BCUT2D eigenvalue weighted by atomic mass is 15.3. The molecule has 0 saturated carbocycles. The van der Waals surface area contributed by atoms with Crippen molar-refractivity contribution in [1.82, 2.24) is 20.0 Å². The molecule has 2 aromatic rings. The maximum atomic E-state index is 6.11. The standard InChI is InChI=1S/C21H32N6/c1-4-26-12-8-11-19(26)13-23-21(22)24-14-20-16(2)25-27(17(20)3)15-18-9-6-5-7-10-18/h5-7,9-10,19H,4,8,11-15H2,1-3H3,(H3,22,23,24). The summed E-state index contributed by atoms with van der Waals surface area (Å²) in [5.41, 5.74) is 10.7. The van der Waals surface area contributed by atoms with Crippen molar-refractivity contribution in [3.63, 3.8) is 0 Å². The largest absolute Gasteiger partial charge is 0.370 e. The average Bonchev–Trinajstić information content (AvgIpc) is 3.23. The molecule has 3 rings (SSSR count). The maximum Gasteiger partial charge on any atom is 0.188 e. The monoisotopic (exact) mass is 368 g/mol. The number of guanidine groups is 1. The van der Waals surface area contributed by atoms with Gasteiger partial charge in [-0.1, -0.05) is 37.3 Å². The number of benzene rings is 1. The quantitative estimate of drug-likeness (QED) is 0.582. The fourth-order valence-corrected chi connectivity index (χ4v) is 3.86. The first kappa shape index (κ1) is 19.4. The van der Waals surface area contributed by atoms with Crippen molar-refractivity contribution in [1.29, 1.82) is 0 Å². The topological polar surface area (TPSA) is 71.5 Å². The van der Waals surface area contributed by atoms with Gasteiger partial charge in [0.05, 0.1) is 18.8 Å². The van der Waals surface area contributed by atoms with Crippen LogP contribution in [0.2, 0.25) is 0 Å². The highest BCUT2D eigenvalue weighted by Crippen LogP contribution is 2.17. The van der Waals surface area contributed by atoms with E-state index in [2.05, 4.69) is 58.0 Å². The van der Waals surface area contributed by atoms with Crippen LogP contribution >= 0.6 is 0 Å². The summed E-state index contributed by atoms with van der Waals surface area (Å²) < 4.78 is 2.05. The number of hydrogen-bond acceptors (Lipinski definition) is 3. The molecule has 0 aliphatic carbocycles. The van der Waals surface area contributed by atoms with Gasteiger partial charge in [0.1, 0.15) is 0 Å². The minimum atomic E-state index is 0.521. The number of rotatable bonds is 7. The molecule has 1 atom stereocenters. The van der Waals surface area contributed by atoms with Crippen molar-refractivity contribution in [2.45, 2.75) is 52.7 Å². The van der Waals surface area contributed by atoms with Gasteiger partial charge in [-0.3, -0.25) is 9.58 Å². The molecule has 1 saturated heterocycles. The van der Waals surface area contributed by atoms with E-state index in [0.717, 1.165) is 36.6 Å². The lowest BCUT2D eigenvalue weighted by molar-refractivity contribution is 0.267. The van der Waals surface area contributed by atoms with E-state index in [4.69, 9.17) is 10.8 Å². The Labute approximate surface area is 162 Å². The molecule has 1 aromatic heterocycles. The van der Waals surface area contributed by atoms with Gasteiger partial charge in [0.25, 0.3) is 0 Å². The SMILES string of the molecule is CCN1CCCC1CNC(N)=NCc1c(C)nn(Cc2ccccc2)c1C. The highest BCUT2D eigenvalue weighted by molar-refractivity contribution is 5.77. The summed E-state index contributed by atoms with van der Waals surface area (Å²) in [5, 5.41) is 8.00. The Kier molecular flexibility index (Phi) is 6.50. The summed E-state index contributed by atoms with van der Waals surface area (Å²) in [6, 6.07) is 11.0. The van der Waals surface area contributed by atoms with Crippen molar-refractivity contribution >= 4 is 5.96 Å². The summed E-state index contributed by atoms with van der Waals surface area (Å²) in [4.78, 5) is 7.06. The Morgan fingerprint density at radius 3 is 2.81 bits per heavy atom. The third kappa shape index (κ3) is 4.89. The molecule has 6 nitrogen and oxygen atoms in total. The molecular weight excluding hydrogens is 336 g/mol. The van der Waals surface area contributed by atoms with Gasteiger partial charge in [-0.2, -0.15) is 5.10 Å². The molecule has 0 amide bonds. The predicted octanol–water partition coefficient (Wildman–Crippen LogP) is 2.44. The van der Waals surface area contributed by atoms with Gasteiger partial charge in [0, 0.05) is 23.8 Å². The van der Waals surface area contributed by atoms with Crippen LogP contribution in [0.4, 0.5) is 0 Å². The van der Waals surface area contributed by atoms with E-state index in [1.807, 2.05) is 13.0 Å². The summed E-state index contributed by atoms with van der Waals surface area (Å²) in [6.07, 6.45) is 2.51. The Balaban J connectivity index is 1.59. The summed E-state index contributed by atoms with van der Waals surface area (Å²) in [6.45, 7) is 10.9. The van der Waals surface area contributed by atoms with Crippen molar-refractivity contribution in [3.05, 3.63) is 52.8 Å². The van der Waals surface area contributed by atoms with Crippen molar-refractivity contribution in [2.75, 3.05) is 19.6 Å². The van der Waals surface area contributed by atoms with Crippen molar-refractivity contribution < 1.29 is 0 Å². The third-order valence-corrected chi connectivity index (χ3v) is 5.54.